The van der Waals surface area contributed by atoms with Crippen LogP contribution in [-0.4, -0.2) is 24.6 Å². The summed E-state index contributed by atoms with van der Waals surface area (Å²) in [5.41, 5.74) is 0.256. The third kappa shape index (κ3) is 4.14. The second kappa shape index (κ2) is 7.55. The smallest absolute Gasteiger partial charge is 0.310 e. The van der Waals surface area contributed by atoms with Gasteiger partial charge in [0.05, 0.1) is 25.0 Å². The second-order valence-corrected chi connectivity index (χ2v) is 4.89. The molecule has 5 nitrogen and oxygen atoms in total. The van der Waals surface area contributed by atoms with Gasteiger partial charge in [0, 0.05) is 17.0 Å². The fourth-order valence-corrected chi connectivity index (χ4v) is 2.16. The fourth-order valence-electron chi connectivity index (χ4n) is 2.03. The molecule has 0 radical (unpaired) electrons. The van der Waals surface area contributed by atoms with Crippen LogP contribution in [0, 0.1) is 23.2 Å². The molecule has 0 fully saturated rings. The van der Waals surface area contributed by atoms with Gasteiger partial charge in [-0.25, -0.2) is 0 Å². The molecule has 0 N–H and O–H groups in total. The summed E-state index contributed by atoms with van der Waals surface area (Å²) >= 11 is 5.75. The van der Waals surface area contributed by atoms with E-state index in [9.17, 15) is 14.4 Å². The van der Waals surface area contributed by atoms with E-state index >= 15 is 0 Å². The summed E-state index contributed by atoms with van der Waals surface area (Å²) in [6.07, 6.45) is -0.268. The van der Waals surface area contributed by atoms with E-state index in [0.29, 0.717) is 5.02 Å². The molecule has 0 aliphatic heterocycles. The Hall–Kier alpha value is -2.19. The first-order chi connectivity index (χ1) is 9.92. The van der Waals surface area contributed by atoms with Gasteiger partial charge in [-0.2, -0.15) is 5.26 Å². The lowest BCUT2D eigenvalue weighted by molar-refractivity contribution is -0.148. The number of nitrogens with zero attached hydrogens (tertiary/aromatic N) is 1. The highest BCUT2D eigenvalue weighted by Crippen LogP contribution is 2.24. The van der Waals surface area contributed by atoms with Crippen LogP contribution in [0.15, 0.2) is 24.3 Å². The van der Waals surface area contributed by atoms with Gasteiger partial charge in [-0.3, -0.25) is 14.4 Å². The van der Waals surface area contributed by atoms with Gasteiger partial charge in [0.2, 0.25) is 0 Å². The first kappa shape index (κ1) is 16.9. The molecule has 110 valence electrons. The van der Waals surface area contributed by atoms with E-state index in [0.717, 1.165) is 7.11 Å². The Balaban J connectivity index is 3.18. The van der Waals surface area contributed by atoms with Crippen LogP contribution in [0.2, 0.25) is 5.02 Å². The van der Waals surface area contributed by atoms with Gasteiger partial charge in [0.25, 0.3) is 0 Å². The summed E-state index contributed by atoms with van der Waals surface area (Å²) in [5, 5.41) is 9.25. The van der Waals surface area contributed by atoms with Gasteiger partial charge in [-0.05, 0) is 31.2 Å². The molecule has 21 heavy (non-hydrogen) atoms. The Morgan fingerprint density at radius 3 is 2.29 bits per heavy atom. The van der Waals surface area contributed by atoms with Crippen LogP contribution in [-0.2, 0) is 14.3 Å². The van der Waals surface area contributed by atoms with Crippen molar-refractivity contribution in [3.05, 3.63) is 34.9 Å². The monoisotopic (exact) mass is 307 g/mol. The summed E-state index contributed by atoms with van der Waals surface area (Å²) in [6.45, 7) is 1.21. The molecule has 2 atom stereocenters. The van der Waals surface area contributed by atoms with Gasteiger partial charge in [-0.15, -0.1) is 0 Å². The number of nitriles is 1. The van der Waals surface area contributed by atoms with Crippen LogP contribution in [0.25, 0.3) is 0 Å². The summed E-state index contributed by atoms with van der Waals surface area (Å²) in [6, 6.07) is 7.79. The maximum Gasteiger partial charge on any atom is 0.310 e. The van der Waals surface area contributed by atoms with Crippen molar-refractivity contribution in [3.63, 3.8) is 0 Å². The van der Waals surface area contributed by atoms with Crippen molar-refractivity contribution >= 4 is 29.1 Å². The van der Waals surface area contributed by atoms with Crippen LogP contribution in [0.4, 0.5) is 0 Å². The van der Waals surface area contributed by atoms with Crippen LogP contribution in [0.5, 0.6) is 0 Å². The molecule has 0 aliphatic rings. The SMILES string of the molecule is COC(=O)C(CC#N)C(C(C)=O)C(=O)c1ccc(Cl)cc1. The Morgan fingerprint density at radius 1 is 1.29 bits per heavy atom. The summed E-state index contributed by atoms with van der Waals surface area (Å²) in [7, 11) is 1.15. The van der Waals surface area contributed by atoms with Crippen molar-refractivity contribution in [2.24, 2.45) is 11.8 Å². The topological polar surface area (TPSA) is 84.2 Å². The molecular weight excluding hydrogens is 294 g/mol. The summed E-state index contributed by atoms with van der Waals surface area (Å²) in [5.74, 6) is -4.11. The average molecular weight is 308 g/mol. The molecule has 2 unspecified atom stereocenters. The zero-order chi connectivity index (χ0) is 16.0. The Bertz CT molecular complexity index is 589. The highest BCUT2D eigenvalue weighted by atomic mass is 35.5. The van der Waals surface area contributed by atoms with E-state index in [4.69, 9.17) is 16.9 Å². The van der Waals surface area contributed by atoms with Gasteiger partial charge >= 0.3 is 5.97 Å². The highest BCUT2D eigenvalue weighted by Gasteiger charge is 2.38. The molecule has 1 rings (SSSR count). The maximum atomic E-state index is 12.5. The lowest BCUT2D eigenvalue weighted by Crippen LogP contribution is -2.35. The van der Waals surface area contributed by atoms with Crippen LogP contribution in [0.1, 0.15) is 23.7 Å². The first-order valence-electron chi connectivity index (χ1n) is 6.17. The molecule has 0 saturated carbocycles. The van der Waals surface area contributed by atoms with E-state index in [-0.39, 0.29) is 12.0 Å². The molecule has 0 bridgehead atoms. The molecule has 0 aromatic heterocycles. The molecule has 6 heteroatoms. The Kier molecular flexibility index (Phi) is 6.07. The lowest BCUT2D eigenvalue weighted by atomic mass is 9.81. The fraction of sp³-hybridized carbons (Fsp3) is 0.333. The van der Waals surface area contributed by atoms with E-state index in [1.165, 1.54) is 31.2 Å². The second-order valence-electron chi connectivity index (χ2n) is 4.45. The molecule has 0 heterocycles. The van der Waals surface area contributed by atoms with Crippen molar-refractivity contribution in [3.8, 4) is 6.07 Å². The third-order valence-corrected chi connectivity index (χ3v) is 3.32. The predicted molar refractivity (Wildman–Crippen MR) is 75.7 cm³/mol. The minimum atomic E-state index is -1.24. The number of carbonyl (C=O) groups is 3. The van der Waals surface area contributed by atoms with Crippen molar-refractivity contribution in [2.75, 3.05) is 7.11 Å². The standard InChI is InChI=1S/C15H14ClNO4/c1-9(18)13(12(7-8-17)15(20)21-2)14(19)10-3-5-11(16)6-4-10/h3-6,12-13H,7H2,1-2H3. The van der Waals surface area contributed by atoms with Crippen molar-refractivity contribution in [1.29, 1.82) is 5.26 Å². The molecule has 0 amide bonds. The number of hydrogen-bond donors (Lipinski definition) is 0. The number of carbonyl (C=O) groups excluding carboxylic acids is 3. The van der Waals surface area contributed by atoms with E-state index in [2.05, 4.69) is 4.74 Å². The first-order valence-corrected chi connectivity index (χ1v) is 6.55. The normalized spacial score (nSPS) is 12.9. The van der Waals surface area contributed by atoms with Crippen molar-refractivity contribution in [2.45, 2.75) is 13.3 Å². The highest BCUT2D eigenvalue weighted by molar-refractivity contribution is 6.30. The predicted octanol–water partition coefficient (Wildman–Crippen LogP) is 2.43. The quantitative estimate of drug-likeness (QED) is 0.458. The number of hydrogen-bond acceptors (Lipinski definition) is 5. The van der Waals surface area contributed by atoms with Crippen LogP contribution >= 0.6 is 11.6 Å². The Morgan fingerprint density at radius 2 is 1.86 bits per heavy atom. The van der Waals surface area contributed by atoms with Gasteiger partial charge in [0.1, 0.15) is 5.78 Å². The minimum Gasteiger partial charge on any atom is -0.469 e. The largest absolute Gasteiger partial charge is 0.469 e. The number of ether oxygens (including phenoxy) is 1. The molecule has 0 saturated heterocycles. The van der Waals surface area contributed by atoms with Gasteiger partial charge in [-0.1, -0.05) is 11.6 Å². The molecule has 1 aromatic carbocycles. The molecular formula is C15H14ClNO4. The minimum absolute atomic E-state index is 0.256. The third-order valence-electron chi connectivity index (χ3n) is 3.07. The summed E-state index contributed by atoms with van der Waals surface area (Å²) < 4.78 is 4.59. The number of rotatable bonds is 6. The average Bonchev–Trinajstić information content (AvgIpc) is 2.46. The number of halogens is 1. The maximum absolute atomic E-state index is 12.5. The summed E-state index contributed by atoms with van der Waals surface area (Å²) in [4.78, 5) is 36.0. The van der Waals surface area contributed by atoms with Crippen LogP contribution in [0.3, 0.4) is 0 Å². The van der Waals surface area contributed by atoms with E-state index in [1.54, 1.807) is 0 Å². The number of methoxy groups -OCH3 is 1. The van der Waals surface area contributed by atoms with E-state index in [1.807, 2.05) is 6.07 Å². The van der Waals surface area contributed by atoms with Crippen LogP contribution < -0.4 is 0 Å². The van der Waals surface area contributed by atoms with E-state index < -0.39 is 29.4 Å². The molecule has 0 spiro atoms. The lowest BCUT2D eigenvalue weighted by Gasteiger charge is -2.20. The van der Waals surface area contributed by atoms with Crippen molar-refractivity contribution < 1.29 is 19.1 Å². The van der Waals surface area contributed by atoms with Crippen molar-refractivity contribution in [1.82, 2.24) is 0 Å². The van der Waals surface area contributed by atoms with Gasteiger partial charge < -0.3 is 4.74 Å². The number of esters is 1. The van der Waals surface area contributed by atoms with Gasteiger partial charge in [0.15, 0.2) is 5.78 Å². The number of ketones is 2. The number of benzene rings is 1. The molecule has 1 aromatic rings. The zero-order valence-electron chi connectivity index (χ0n) is 11.6. The number of Topliss-reactive ketones (excluding diaryl/α,β-unsaturated/α-hetero) is 2. The molecule has 0 aliphatic carbocycles. The Labute approximate surface area is 127 Å². The zero-order valence-corrected chi connectivity index (χ0v) is 12.4.